The van der Waals surface area contributed by atoms with Gasteiger partial charge in [0, 0.05) is 10.4 Å². The van der Waals surface area contributed by atoms with E-state index < -0.39 is 28.9 Å². The molecule has 0 spiro atoms. The van der Waals surface area contributed by atoms with E-state index in [2.05, 4.69) is 4.74 Å². The molecule has 0 fully saturated rings. The molecule has 0 bridgehead atoms. The summed E-state index contributed by atoms with van der Waals surface area (Å²) in [5, 5.41) is 10.3. The number of fused-ring (bicyclic) bond motifs is 1. The van der Waals surface area contributed by atoms with Crippen LogP contribution in [0, 0.1) is 0 Å². The Morgan fingerprint density at radius 1 is 1.40 bits per heavy atom. The van der Waals surface area contributed by atoms with Gasteiger partial charge in [-0.05, 0) is 18.2 Å². The summed E-state index contributed by atoms with van der Waals surface area (Å²) < 4.78 is 4.98. The van der Waals surface area contributed by atoms with Gasteiger partial charge in [-0.3, -0.25) is 4.79 Å². The average Bonchev–Trinajstić information content (AvgIpc) is 2.39. The molecule has 0 saturated heterocycles. The SMILES string of the molecule is COC(=O)c1c(O)c2cc(Cl)ccc2n(C(N)=O)c1=O. The van der Waals surface area contributed by atoms with Gasteiger partial charge in [-0.2, -0.15) is 0 Å². The van der Waals surface area contributed by atoms with Gasteiger partial charge in [0.1, 0.15) is 5.75 Å². The van der Waals surface area contributed by atoms with Crippen LogP contribution in [-0.4, -0.2) is 28.8 Å². The Balaban J connectivity index is 3.07. The Morgan fingerprint density at radius 3 is 2.60 bits per heavy atom. The second-order valence-electron chi connectivity index (χ2n) is 3.86. The molecule has 0 aliphatic rings. The maximum absolute atomic E-state index is 12.1. The van der Waals surface area contributed by atoms with E-state index in [-0.39, 0.29) is 15.9 Å². The van der Waals surface area contributed by atoms with Crippen molar-refractivity contribution in [3.63, 3.8) is 0 Å². The Labute approximate surface area is 117 Å². The number of benzene rings is 1. The second-order valence-corrected chi connectivity index (χ2v) is 4.29. The zero-order chi connectivity index (χ0) is 15.0. The van der Waals surface area contributed by atoms with Crippen LogP contribution in [0.3, 0.4) is 0 Å². The molecule has 2 aromatic rings. The van der Waals surface area contributed by atoms with Crippen molar-refractivity contribution < 1.29 is 19.4 Å². The van der Waals surface area contributed by atoms with Gasteiger partial charge in [0.15, 0.2) is 5.56 Å². The molecule has 1 amide bonds. The first-order valence-corrected chi connectivity index (χ1v) is 5.71. The number of rotatable bonds is 1. The molecule has 0 radical (unpaired) electrons. The Kier molecular flexibility index (Phi) is 3.37. The van der Waals surface area contributed by atoms with Gasteiger partial charge in [0.2, 0.25) is 0 Å². The molecule has 0 aliphatic carbocycles. The normalized spacial score (nSPS) is 10.5. The first kappa shape index (κ1) is 13.9. The van der Waals surface area contributed by atoms with E-state index in [1.807, 2.05) is 0 Å². The minimum Gasteiger partial charge on any atom is -0.506 e. The van der Waals surface area contributed by atoms with E-state index in [4.69, 9.17) is 17.3 Å². The number of carbonyl (C=O) groups is 2. The molecule has 2 rings (SSSR count). The number of amides is 1. The standard InChI is InChI=1S/C12H9ClN2O5/c1-20-11(18)8-9(16)6-4-5(13)2-3-7(6)15(10(8)17)12(14)19/h2-4,16H,1H3,(H2,14,19). The Morgan fingerprint density at radius 2 is 2.05 bits per heavy atom. The lowest BCUT2D eigenvalue weighted by atomic mass is 10.1. The summed E-state index contributed by atoms with van der Waals surface area (Å²) in [4.78, 5) is 35.1. The molecule has 104 valence electrons. The molecule has 0 unspecified atom stereocenters. The number of aromatic hydroxyl groups is 1. The van der Waals surface area contributed by atoms with Crippen LogP contribution >= 0.6 is 11.6 Å². The van der Waals surface area contributed by atoms with E-state index >= 15 is 0 Å². The topological polar surface area (TPSA) is 112 Å². The van der Waals surface area contributed by atoms with Crippen LogP contribution in [0.2, 0.25) is 5.02 Å². The van der Waals surface area contributed by atoms with Gasteiger partial charge < -0.3 is 15.6 Å². The first-order chi connectivity index (χ1) is 9.38. The lowest BCUT2D eigenvalue weighted by molar-refractivity contribution is 0.0595. The highest BCUT2D eigenvalue weighted by atomic mass is 35.5. The molecule has 7 nitrogen and oxygen atoms in total. The van der Waals surface area contributed by atoms with Crippen molar-refractivity contribution in [3.05, 3.63) is 39.1 Å². The van der Waals surface area contributed by atoms with Crippen molar-refractivity contribution >= 4 is 34.5 Å². The number of carbonyl (C=O) groups excluding carboxylic acids is 2. The summed E-state index contributed by atoms with van der Waals surface area (Å²) in [6.07, 6.45) is 0. The minimum absolute atomic E-state index is 0.0382. The summed E-state index contributed by atoms with van der Waals surface area (Å²) in [5.74, 6) is -1.69. The van der Waals surface area contributed by atoms with Crippen LogP contribution < -0.4 is 11.3 Å². The summed E-state index contributed by atoms with van der Waals surface area (Å²) in [6.45, 7) is 0. The number of methoxy groups -OCH3 is 1. The highest BCUT2D eigenvalue weighted by Gasteiger charge is 2.24. The van der Waals surface area contributed by atoms with E-state index in [1.54, 1.807) is 0 Å². The van der Waals surface area contributed by atoms with Gasteiger partial charge in [-0.15, -0.1) is 0 Å². The molecular weight excluding hydrogens is 288 g/mol. The van der Waals surface area contributed by atoms with Gasteiger partial charge in [-0.1, -0.05) is 11.6 Å². The summed E-state index contributed by atoms with van der Waals surface area (Å²) in [5.41, 5.74) is 3.44. The monoisotopic (exact) mass is 296 g/mol. The molecule has 0 aliphatic heterocycles. The maximum atomic E-state index is 12.1. The minimum atomic E-state index is -1.09. The molecule has 1 heterocycles. The van der Waals surface area contributed by atoms with E-state index in [9.17, 15) is 19.5 Å². The Hall–Kier alpha value is -2.54. The number of aromatic nitrogens is 1. The second kappa shape index (κ2) is 4.86. The highest BCUT2D eigenvalue weighted by molar-refractivity contribution is 6.31. The molecule has 3 N–H and O–H groups in total. The number of hydrogen-bond donors (Lipinski definition) is 2. The number of nitrogens with zero attached hydrogens (tertiary/aromatic N) is 1. The number of primary amides is 1. The number of ether oxygens (including phenoxy) is 1. The van der Waals surface area contributed by atoms with Gasteiger partial charge in [-0.25, -0.2) is 14.2 Å². The fraction of sp³-hybridized carbons (Fsp3) is 0.0833. The molecule has 8 heteroatoms. The average molecular weight is 297 g/mol. The van der Waals surface area contributed by atoms with Gasteiger partial charge >= 0.3 is 12.0 Å². The van der Waals surface area contributed by atoms with Gasteiger partial charge in [0.25, 0.3) is 5.56 Å². The van der Waals surface area contributed by atoms with Crippen LogP contribution in [-0.2, 0) is 4.74 Å². The molecule has 1 aromatic heterocycles. The third kappa shape index (κ3) is 1.97. The number of halogens is 1. The summed E-state index contributed by atoms with van der Waals surface area (Å²) in [6, 6.07) is 2.97. The number of pyridine rings is 1. The number of hydrogen-bond acceptors (Lipinski definition) is 5. The largest absolute Gasteiger partial charge is 0.506 e. The van der Waals surface area contributed by atoms with Crippen molar-refractivity contribution in [1.82, 2.24) is 4.57 Å². The predicted octanol–water partition coefficient (Wildman–Crippen LogP) is 1.07. The molecule has 20 heavy (non-hydrogen) atoms. The number of esters is 1. The quantitative estimate of drug-likeness (QED) is 0.765. The molecule has 0 atom stereocenters. The van der Waals surface area contributed by atoms with Crippen molar-refractivity contribution in [2.24, 2.45) is 5.73 Å². The van der Waals surface area contributed by atoms with Crippen molar-refractivity contribution in [3.8, 4) is 5.75 Å². The maximum Gasteiger partial charge on any atom is 0.347 e. The number of nitrogens with two attached hydrogens (primary N) is 1. The predicted molar refractivity (Wildman–Crippen MR) is 71.2 cm³/mol. The summed E-state index contributed by atoms with van der Waals surface area (Å²) >= 11 is 5.80. The van der Waals surface area contributed by atoms with E-state index in [0.29, 0.717) is 4.57 Å². The lowest BCUT2D eigenvalue weighted by Gasteiger charge is -2.11. The van der Waals surface area contributed by atoms with Crippen LogP contribution in [0.15, 0.2) is 23.0 Å². The highest BCUT2D eigenvalue weighted by Crippen LogP contribution is 2.29. The van der Waals surface area contributed by atoms with Crippen molar-refractivity contribution in [1.29, 1.82) is 0 Å². The zero-order valence-corrected chi connectivity index (χ0v) is 11.0. The van der Waals surface area contributed by atoms with Crippen molar-refractivity contribution in [2.75, 3.05) is 7.11 Å². The van der Waals surface area contributed by atoms with Crippen LogP contribution in [0.25, 0.3) is 10.9 Å². The molecule has 0 saturated carbocycles. The van der Waals surface area contributed by atoms with Crippen LogP contribution in [0.5, 0.6) is 5.75 Å². The molecular formula is C12H9ClN2O5. The summed E-state index contributed by atoms with van der Waals surface area (Å²) in [7, 11) is 1.04. The zero-order valence-electron chi connectivity index (χ0n) is 10.2. The fourth-order valence-corrected chi connectivity index (χ4v) is 2.03. The lowest BCUT2D eigenvalue weighted by Crippen LogP contribution is -2.35. The van der Waals surface area contributed by atoms with Crippen LogP contribution in [0.4, 0.5) is 4.79 Å². The third-order valence-electron chi connectivity index (χ3n) is 2.72. The van der Waals surface area contributed by atoms with E-state index in [1.165, 1.54) is 18.2 Å². The fourth-order valence-electron chi connectivity index (χ4n) is 1.85. The first-order valence-electron chi connectivity index (χ1n) is 5.33. The van der Waals surface area contributed by atoms with Gasteiger partial charge in [0.05, 0.1) is 12.6 Å². The van der Waals surface area contributed by atoms with E-state index in [0.717, 1.165) is 7.11 Å². The third-order valence-corrected chi connectivity index (χ3v) is 2.95. The van der Waals surface area contributed by atoms with Crippen LogP contribution in [0.1, 0.15) is 10.4 Å². The smallest absolute Gasteiger partial charge is 0.347 e. The molecule has 1 aromatic carbocycles. The Bertz CT molecular complexity index is 797. The van der Waals surface area contributed by atoms with Crippen molar-refractivity contribution in [2.45, 2.75) is 0 Å².